The van der Waals surface area contributed by atoms with Gasteiger partial charge in [0.05, 0.1) is 0 Å². The van der Waals surface area contributed by atoms with Gasteiger partial charge in [0.15, 0.2) is 0 Å². The Labute approximate surface area is 83.3 Å². The summed E-state index contributed by atoms with van der Waals surface area (Å²) in [5.41, 5.74) is 0. The largest absolute Gasteiger partial charge is 0.314 e. The molecule has 78 valence electrons. The Kier molecular flexibility index (Phi) is 4.79. The van der Waals surface area contributed by atoms with Crippen molar-refractivity contribution < 1.29 is 0 Å². The Balaban J connectivity index is 2.20. The molecule has 13 heavy (non-hydrogen) atoms. The van der Waals surface area contributed by atoms with Gasteiger partial charge in [-0.2, -0.15) is 0 Å². The Bertz CT molecular complexity index is 129. The van der Waals surface area contributed by atoms with Gasteiger partial charge in [0.1, 0.15) is 0 Å². The summed E-state index contributed by atoms with van der Waals surface area (Å²) in [7, 11) is 0. The van der Waals surface area contributed by atoms with Gasteiger partial charge in [0, 0.05) is 6.04 Å². The highest BCUT2D eigenvalue weighted by atomic mass is 14.9. The molecule has 1 aliphatic rings. The summed E-state index contributed by atoms with van der Waals surface area (Å²) in [6.07, 6.45) is 6.93. The SMILES string of the molecule is CCCNC(CC(C)CC)C1CC1. The van der Waals surface area contributed by atoms with Crippen molar-refractivity contribution in [2.24, 2.45) is 11.8 Å². The summed E-state index contributed by atoms with van der Waals surface area (Å²) in [4.78, 5) is 0. The lowest BCUT2D eigenvalue weighted by Gasteiger charge is -2.21. The Morgan fingerprint density at radius 1 is 1.31 bits per heavy atom. The van der Waals surface area contributed by atoms with Crippen molar-refractivity contribution in [1.82, 2.24) is 5.32 Å². The van der Waals surface area contributed by atoms with Crippen LogP contribution >= 0.6 is 0 Å². The summed E-state index contributed by atoms with van der Waals surface area (Å²) >= 11 is 0. The van der Waals surface area contributed by atoms with Crippen LogP contribution in [0.1, 0.15) is 52.9 Å². The van der Waals surface area contributed by atoms with E-state index in [1.165, 1.54) is 38.6 Å². The highest BCUT2D eigenvalue weighted by molar-refractivity contribution is 4.87. The molecule has 1 N–H and O–H groups in total. The summed E-state index contributed by atoms with van der Waals surface area (Å²) < 4.78 is 0. The van der Waals surface area contributed by atoms with Crippen LogP contribution in [0, 0.1) is 11.8 Å². The summed E-state index contributed by atoms with van der Waals surface area (Å²) in [6.45, 7) is 8.13. The summed E-state index contributed by atoms with van der Waals surface area (Å²) in [6, 6.07) is 0.829. The highest BCUT2D eigenvalue weighted by Crippen LogP contribution is 2.35. The van der Waals surface area contributed by atoms with E-state index < -0.39 is 0 Å². The molecule has 2 atom stereocenters. The van der Waals surface area contributed by atoms with Gasteiger partial charge >= 0.3 is 0 Å². The van der Waals surface area contributed by atoms with Crippen LogP contribution < -0.4 is 5.32 Å². The zero-order valence-corrected chi connectivity index (χ0v) is 9.47. The fourth-order valence-electron chi connectivity index (χ4n) is 1.87. The normalized spacial score (nSPS) is 21.5. The zero-order valence-electron chi connectivity index (χ0n) is 9.47. The van der Waals surface area contributed by atoms with Gasteiger partial charge in [0.2, 0.25) is 0 Å². The molecular formula is C12H25N. The maximum Gasteiger partial charge on any atom is 0.00978 e. The average molecular weight is 183 g/mol. The molecule has 1 aliphatic carbocycles. The molecule has 1 rings (SSSR count). The van der Waals surface area contributed by atoms with Crippen molar-refractivity contribution in [2.45, 2.75) is 58.9 Å². The second-order valence-corrected chi connectivity index (χ2v) is 4.65. The lowest BCUT2D eigenvalue weighted by atomic mass is 9.96. The minimum Gasteiger partial charge on any atom is -0.314 e. The first-order valence-corrected chi connectivity index (χ1v) is 6.01. The van der Waals surface area contributed by atoms with E-state index in [2.05, 4.69) is 26.1 Å². The number of rotatable bonds is 7. The van der Waals surface area contributed by atoms with E-state index in [9.17, 15) is 0 Å². The van der Waals surface area contributed by atoms with Crippen LogP contribution in [-0.4, -0.2) is 12.6 Å². The van der Waals surface area contributed by atoms with Crippen molar-refractivity contribution in [3.05, 3.63) is 0 Å². The van der Waals surface area contributed by atoms with Crippen molar-refractivity contribution in [3.63, 3.8) is 0 Å². The molecule has 0 bridgehead atoms. The molecule has 0 aromatic rings. The van der Waals surface area contributed by atoms with Crippen LogP contribution in [0.5, 0.6) is 0 Å². The van der Waals surface area contributed by atoms with E-state index >= 15 is 0 Å². The molecule has 0 saturated heterocycles. The van der Waals surface area contributed by atoms with Gasteiger partial charge in [0.25, 0.3) is 0 Å². The van der Waals surface area contributed by atoms with Crippen molar-refractivity contribution in [2.75, 3.05) is 6.54 Å². The van der Waals surface area contributed by atoms with E-state index in [1.807, 2.05) is 0 Å². The minimum atomic E-state index is 0.829. The molecule has 0 heterocycles. The van der Waals surface area contributed by atoms with Gasteiger partial charge in [-0.05, 0) is 44.1 Å². The maximum atomic E-state index is 3.70. The number of hydrogen-bond acceptors (Lipinski definition) is 1. The Morgan fingerprint density at radius 2 is 2.00 bits per heavy atom. The molecule has 0 spiro atoms. The van der Waals surface area contributed by atoms with Crippen LogP contribution in [0.25, 0.3) is 0 Å². The fraction of sp³-hybridized carbons (Fsp3) is 1.00. The van der Waals surface area contributed by atoms with Gasteiger partial charge < -0.3 is 5.32 Å². The number of hydrogen-bond donors (Lipinski definition) is 1. The van der Waals surface area contributed by atoms with Crippen LogP contribution in [0.4, 0.5) is 0 Å². The van der Waals surface area contributed by atoms with Crippen LogP contribution in [0.2, 0.25) is 0 Å². The second-order valence-electron chi connectivity index (χ2n) is 4.65. The molecular weight excluding hydrogens is 158 g/mol. The monoisotopic (exact) mass is 183 g/mol. The minimum absolute atomic E-state index is 0.829. The third-order valence-corrected chi connectivity index (χ3v) is 3.20. The smallest absolute Gasteiger partial charge is 0.00978 e. The van der Waals surface area contributed by atoms with Crippen LogP contribution in [-0.2, 0) is 0 Å². The van der Waals surface area contributed by atoms with E-state index in [0.717, 1.165) is 17.9 Å². The fourth-order valence-corrected chi connectivity index (χ4v) is 1.87. The van der Waals surface area contributed by atoms with Gasteiger partial charge in [-0.1, -0.05) is 27.2 Å². The van der Waals surface area contributed by atoms with E-state index in [-0.39, 0.29) is 0 Å². The lowest BCUT2D eigenvalue weighted by Crippen LogP contribution is -2.33. The third kappa shape index (κ3) is 4.12. The molecule has 1 saturated carbocycles. The van der Waals surface area contributed by atoms with Gasteiger partial charge in [-0.3, -0.25) is 0 Å². The molecule has 1 heteroatoms. The molecule has 1 fully saturated rings. The molecule has 1 nitrogen and oxygen atoms in total. The predicted octanol–water partition coefficient (Wildman–Crippen LogP) is 3.20. The Morgan fingerprint density at radius 3 is 2.46 bits per heavy atom. The van der Waals surface area contributed by atoms with Crippen molar-refractivity contribution in [1.29, 1.82) is 0 Å². The van der Waals surface area contributed by atoms with Gasteiger partial charge in [-0.25, -0.2) is 0 Å². The standard InChI is InChI=1S/C12H25N/c1-4-8-13-12(11-6-7-11)9-10(3)5-2/h10-13H,4-9H2,1-3H3. The number of nitrogens with one attached hydrogen (secondary N) is 1. The van der Waals surface area contributed by atoms with Crippen molar-refractivity contribution >= 4 is 0 Å². The first kappa shape index (κ1) is 11.0. The summed E-state index contributed by atoms with van der Waals surface area (Å²) in [5, 5.41) is 3.70. The zero-order chi connectivity index (χ0) is 9.68. The third-order valence-electron chi connectivity index (χ3n) is 3.20. The molecule has 2 unspecified atom stereocenters. The highest BCUT2D eigenvalue weighted by Gasteiger charge is 2.31. The molecule has 0 aromatic heterocycles. The molecule has 0 aliphatic heterocycles. The summed E-state index contributed by atoms with van der Waals surface area (Å²) in [5.74, 6) is 1.91. The van der Waals surface area contributed by atoms with E-state index in [0.29, 0.717) is 0 Å². The second kappa shape index (κ2) is 5.64. The van der Waals surface area contributed by atoms with Crippen LogP contribution in [0.15, 0.2) is 0 Å². The Hall–Kier alpha value is -0.0400. The maximum absolute atomic E-state index is 3.70. The van der Waals surface area contributed by atoms with E-state index in [1.54, 1.807) is 0 Å². The predicted molar refractivity (Wildman–Crippen MR) is 58.9 cm³/mol. The average Bonchev–Trinajstić information content (AvgIpc) is 2.94. The lowest BCUT2D eigenvalue weighted by molar-refractivity contribution is 0.364. The first-order valence-electron chi connectivity index (χ1n) is 6.01. The quantitative estimate of drug-likeness (QED) is 0.639. The molecule has 0 radical (unpaired) electrons. The topological polar surface area (TPSA) is 12.0 Å². The van der Waals surface area contributed by atoms with Crippen LogP contribution in [0.3, 0.4) is 0 Å². The van der Waals surface area contributed by atoms with Crippen molar-refractivity contribution in [3.8, 4) is 0 Å². The first-order chi connectivity index (χ1) is 6.27. The van der Waals surface area contributed by atoms with Gasteiger partial charge in [-0.15, -0.1) is 0 Å². The molecule has 0 aromatic carbocycles. The van der Waals surface area contributed by atoms with E-state index in [4.69, 9.17) is 0 Å². The molecule has 0 amide bonds.